The molecule has 0 spiro atoms. The van der Waals surface area contributed by atoms with E-state index in [4.69, 9.17) is 4.74 Å². The minimum atomic E-state index is -4.60. The number of hydrogen-bond acceptors (Lipinski definition) is 2. The van der Waals surface area contributed by atoms with Gasteiger partial charge < -0.3 is 9.47 Å². The maximum absolute atomic E-state index is 14.6. The Hall–Kier alpha value is -2.55. The van der Waals surface area contributed by atoms with Crippen LogP contribution in [0.1, 0.15) is 49.7 Å². The summed E-state index contributed by atoms with van der Waals surface area (Å²) in [5.41, 5.74) is -0.939. The van der Waals surface area contributed by atoms with Crippen LogP contribution in [0.4, 0.5) is 30.7 Å². The highest BCUT2D eigenvalue weighted by molar-refractivity contribution is 5.67. The zero-order chi connectivity index (χ0) is 23.8. The zero-order valence-corrected chi connectivity index (χ0v) is 17.5. The van der Waals surface area contributed by atoms with E-state index in [2.05, 4.69) is 4.74 Å². The molecule has 2 aromatic carbocycles. The summed E-state index contributed by atoms with van der Waals surface area (Å²) in [6.45, 7) is 0.725. The summed E-state index contributed by atoms with van der Waals surface area (Å²) in [5, 5.41) is 0. The van der Waals surface area contributed by atoms with E-state index in [0.717, 1.165) is 44.4 Å². The topological polar surface area (TPSA) is 18.5 Å². The number of hydrogen-bond donors (Lipinski definition) is 0. The summed E-state index contributed by atoms with van der Waals surface area (Å²) in [7, 11) is 0. The van der Waals surface area contributed by atoms with Crippen LogP contribution in [0, 0.1) is 35.0 Å². The molecule has 2 nitrogen and oxygen atoms in total. The molecule has 1 aliphatic carbocycles. The summed E-state index contributed by atoms with van der Waals surface area (Å²) in [6, 6.07) is 1.89. The van der Waals surface area contributed by atoms with Crippen molar-refractivity contribution in [3.05, 3.63) is 70.6 Å². The van der Waals surface area contributed by atoms with Gasteiger partial charge in [-0.15, -0.1) is 0 Å². The molecule has 2 unspecified atom stereocenters. The van der Waals surface area contributed by atoms with Crippen LogP contribution in [-0.4, -0.2) is 12.7 Å². The molecule has 1 saturated heterocycles. The second-order valence-corrected chi connectivity index (χ2v) is 8.30. The van der Waals surface area contributed by atoms with Crippen molar-refractivity contribution in [2.75, 3.05) is 6.61 Å². The van der Waals surface area contributed by atoms with Crippen molar-refractivity contribution in [1.82, 2.24) is 0 Å². The first-order chi connectivity index (χ1) is 15.7. The van der Waals surface area contributed by atoms with Gasteiger partial charge in [0.2, 0.25) is 0 Å². The van der Waals surface area contributed by atoms with Crippen molar-refractivity contribution in [2.45, 2.75) is 50.7 Å². The van der Waals surface area contributed by atoms with Crippen LogP contribution in [0.5, 0.6) is 5.75 Å². The first-order valence-corrected chi connectivity index (χ1v) is 10.7. The fourth-order valence-electron chi connectivity index (χ4n) is 4.42. The Balaban J connectivity index is 1.54. The Morgan fingerprint density at radius 2 is 1.52 bits per heavy atom. The van der Waals surface area contributed by atoms with Crippen LogP contribution < -0.4 is 4.74 Å². The van der Waals surface area contributed by atoms with Crippen LogP contribution >= 0.6 is 0 Å². The predicted molar refractivity (Wildman–Crippen MR) is 106 cm³/mol. The lowest BCUT2D eigenvalue weighted by Gasteiger charge is -2.32. The normalized spacial score (nSPS) is 21.6. The minimum absolute atomic E-state index is 0.131. The van der Waals surface area contributed by atoms with Crippen LogP contribution in [-0.2, 0) is 10.8 Å². The Morgan fingerprint density at radius 3 is 2.06 bits per heavy atom. The SMILES string of the molecule is Fc1cc(OC(F)(F)c2c(F)cc(C3=CCC(C4CCCCO4)CC3)cc2F)cc(F)c1F. The summed E-state index contributed by atoms with van der Waals surface area (Å²) < 4.78 is 108. The second-order valence-electron chi connectivity index (χ2n) is 8.30. The van der Waals surface area contributed by atoms with Crippen LogP contribution in [0.15, 0.2) is 30.3 Å². The number of halogens is 7. The third-order valence-electron chi connectivity index (χ3n) is 6.10. The molecule has 2 aliphatic rings. The molecule has 33 heavy (non-hydrogen) atoms. The van der Waals surface area contributed by atoms with Crippen molar-refractivity contribution < 1.29 is 40.2 Å². The van der Waals surface area contributed by atoms with Gasteiger partial charge in [-0.05, 0) is 67.7 Å². The van der Waals surface area contributed by atoms with Crippen LogP contribution in [0.3, 0.4) is 0 Å². The summed E-state index contributed by atoms with van der Waals surface area (Å²) in [6.07, 6.45) is 2.44. The van der Waals surface area contributed by atoms with E-state index in [1.54, 1.807) is 0 Å². The van der Waals surface area contributed by atoms with Gasteiger partial charge in [-0.1, -0.05) is 6.08 Å². The van der Waals surface area contributed by atoms with Crippen molar-refractivity contribution in [1.29, 1.82) is 0 Å². The van der Waals surface area contributed by atoms with Gasteiger partial charge in [-0.3, -0.25) is 0 Å². The highest BCUT2D eigenvalue weighted by atomic mass is 19.3. The van der Waals surface area contributed by atoms with Gasteiger partial charge in [-0.25, -0.2) is 22.0 Å². The number of alkyl halides is 2. The van der Waals surface area contributed by atoms with Gasteiger partial charge in [0, 0.05) is 18.7 Å². The van der Waals surface area contributed by atoms with Crippen molar-refractivity contribution in [2.24, 2.45) is 5.92 Å². The lowest BCUT2D eigenvalue weighted by Crippen LogP contribution is -2.29. The highest BCUT2D eigenvalue weighted by Gasteiger charge is 2.41. The van der Waals surface area contributed by atoms with E-state index in [9.17, 15) is 30.7 Å². The smallest absolute Gasteiger partial charge is 0.429 e. The van der Waals surface area contributed by atoms with E-state index in [1.165, 1.54) is 0 Å². The number of allylic oxidation sites excluding steroid dienone is 2. The minimum Gasteiger partial charge on any atom is -0.429 e. The Bertz CT molecular complexity index is 1010. The van der Waals surface area contributed by atoms with Gasteiger partial charge >= 0.3 is 6.11 Å². The molecule has 2 atom stereocenters. The molecule has 4 rings (SSSR count). The molecule has 1 aliphatic heterocycles. The third-order valence-corrected chi connectivity index (χ3v) is 6.10. The van der Waals surface area contributed by atoms with E-state index in [-0.39, 0.29) is 23.8 Å². The molecule has 0 saturated carbocycles. The summed E-state index contributed by atoms with van der Waals surface area (Å²) >= 11 is 0. The number of benzene rings is 2. The molecule has 0 bridgehead atoms. The lowest BCUT2D eigenvalue weighted by atomic mass is 9.81. The van der Waals surface area contributed by atoms with Crippen molar-refractivity contribution >= 4 is 5.57 Å². The number of rotatable bonds is 5. The quantitative estimate of drug-likeness (QED) is 0.335. The largest absolute Gasteiger partial charge is 0.432 e. The summed E-state index contributed by atoms with van der Waals surface area (Å²) in [5.74, 6) is -9.40. The van der Waals surface area contributed by atoms with Crippen molar-refractivity contribution in [3.63, 3.8) is 0 Å². The monoisotopic (exact) mass is 474 g/mol. The second kappa shape index (κ2) is 9.37. The standard InChI is InChI=1S/C24H21F7O2/c25-17-9-15(13-4-6-14(7-5-13)21-3-1-2-8-32-21)10-18(26)22(17)24(30,31)33-16-11-19(27)23(29)20(28)12-16/h4,9-12,14,21H,1-3,5-8H2. The van der Waals surface area contributed by atoms with E-state index >= 15 is 0 Å². The molecule has 9 heteroatoms. The lowest BCUT2D eigenvalue weighted by molar-refractivity contribution is -0.189. The first kappa shape index (κ1) is 23.6. The Kier molecular flexibility index (Phi) is 6.70. The van der Waals surface area contributed by atoms with Gasteiger partial charge in [-0.2, -0.15) is 8.78 Å². The van der Waals surface area contributed by atoms with E-state index < -0.39 is 46.5 Å². The maximum atomic E-state index is 14.6. The molecule has 1 fully saturated rings. The Labute approximate surface area is 186 Å². The average molecular weight is 474 g/mol. The van der Waals surface area contributed by atoms with Crippen molar-refractivity contribution in [3.8, 4) is 5.75 Å². The molecular weight excluding hydrogens is 453 g/mol. The van der Waals surface area contributed by atoms with E-state index in [0.29, 0.717) is 24.3 Å². The van der Waals surface area contributed by atoms with Gasteiger partial charge in [0.05, 0.1) is 6.10 Å². The molecule has 1 heterocycles. The van der Waals surface area contributed by atoms with Gasteiger partial charge in [0.25, 0.3) is 0 Å². The third kappa shape index (κ3) is 5.03. The Morgan fingerprint density at radius 1 is 0.848 bits per heavy atom. The molecular formula is C24H21F7O2. The molecule has 0 N–H and O–H groups in total. The molecule has 2 aromatic rings. The molecule has 0 amide bonds. The zero-order valence-electron chi connectivity index (χ0n) is 17.5. The van der Waals surface area contributed by atoms with E-state index in [1.807, 2.05) is 6.08 Å². The molecule has 0 aromatic heterocycles. The van der Waals surface area contributed by atoms with Crippen LogP contribution in [0.2, 0.25) is 0 Å². The summed E-state index contributed by atoms with van der Waals surface area (Å²) in [4.78, 5) is 0. The number of ether oxygens (including phenoxy) is 2. The highest BCUT2D eigenvalue weighted by Crippen LogP contribution is 2.39. The predicted octanol–water partition coefficient (Wildman–Crippen LogP) is 7.26. The van der Waals surface area contributed by atoms with Gasteiger partial charge in [0.15, 0.2) is 17.5 Å². The molecule has 0 radical (unpaired) electrons. The fourth-order valence-corrected chi connectivity index (χ4v) is 4.42. The average Bonchev–Trinajstić information content (AvgIpc) is 2.77. The van der Waals surface area contributed by atoms with Crippen LogP contribution in [0.25, 0.3) is 5.57 Å². The fraction of sp³-hybridized carbons (Fsp3) is 0.417. The molecule has 178 valence electrons. The first-order valence-electron chi connectivity index (χ1n) is 10.7. The van der Waals surface area contributed by atoms with Gasteiger partial charge in [0.1, 0.15) is 22.9 Å². The maximum Gasteiger partial charge on any atom is 0.432 e.